The third-order valence-corrected chi connectivity index (χ3v) is 5.51. The number of alkyl halides is 2. The number of imide groups is 1. The first-order chi connectivity index (χ1) is 11.2. The van der Waals surface area contributed by atoms with Crippen LogP contribution in [0.3, 0.4) is 0 Å². The molecule has 6 nitrogen and oxygen atoms in total. The molecule has 0 heterocycles. The van der Waals surface area contributed by atoms with E-state index in [4.69, 9.17) is 27.9 Å². The maximum atomic E-state index is 11.8. The molecule has 3 amide bonds. The molecule has 1 saturated carbocycles. The first-order valence-electron chi connectivity index (χ1n) is 8.05. The highest BCUT2D eigenvalue weighted by molar-refractivity contribution is 6.53. The highest BCUT2D eigenvalue weighted by atomic mass is 35.5. The van der Waals surface area contributed by atoms with E-state index in [-0.39, 0.29) is 6.42 Å². The molecule has 1 unspecified atom stereocenters. The number of urea groups is 1. The van der Waals surface area contributed by atoms with Gasteiger partial charge in [0, 0.05) is 13.0 Å². The van der Waals surface area contributed by atoms with E-state index >= 15 is 0 Å². The number of nitrogens with one attached hydrogen (secondary N) is 2. The Kier molecular flexibility index (Phi) is 6.15. The number of hydrogen-bond donors (Lipinski definition) is 2. The van der Waals surface area contributed by atoms with Crippen LogP contribution >= 0.6 is 23.2 Å². The van der Waals surface area contributed by atoms with Crippen LogP contribution in [0.15, 0.2) is 11.6 Å². The van der Waals surface area contributed by atoms with Crippen molar-refractivity contribution in [3.63, 3.8) is 0 Å². The number of allylic oxidation sites excluding steroid dienone is 1. The molecule has 2 N–H and O–H groups in total. The molecule has 0 spiro atoms. The van der Waals surface area contributed by atoms with E-state index in [1.807, 2.05) is 0 Å². The first kappa shape index (κ1) is 19.1. The van der Waals surface area contributed by atoms with Crippen molar-refractivity contribution in [3.05, 3.63) is 11.6 Å². The van der Waals surface area contributed by atoms with Gasteiger partial charge in [0.1, 0.15) is 9.75 Å². The van der Waals surface area contributed by atoms with Gasteiger partial charge in [-0.05, 0) is 39.0 Å². The van der Waals surface area contributed by atoms with Crippen LogP contribution in [0.2, 0.25) is 0 Å². The van der Waals surface area contributed by atoms with Crippen LogP contribution in [-0.4, -0.2) is 35.4 Å². The zero-order valence-corrected chi connectivity index (χ0v) is 15.1. The van der Waals surface area contributed by atoms with Crippen molar-refractivity contribution in [2.45, 2.75) is 49.8 Å². The first-order valence-corrected chi connectivity index (χ1v) is 8.81. The van der Waals surface area contributed by atoms with Crippen molar-refractivity contribution in [2.75, 3.05) is 13.2 Å². The largest absolute Gasteiger partial charge is 0.455 e. The summed E-state index contributed by atoms with van der Waals surface area (Å²) in [6.45, 7) is 1.49. The number of esters is 1. The Hall–Kier alpha value is -1.27. The van der Waals surface area contributed by atoms with Gasteiger partial charge in [0.05, 0.1) is 0 Å². The molecule has 0 aromatic heterocycles. The Bertz CT molecular complexity index is 562. The number of rotatable bonds is 6. The molecule has 1 atom stereocenters. The van der Waals surface area contributed by atoms with Crippen molar-refractivity contribution in [2.24, 2.45) is 5.41 Å². The van der Waals surface area contributed by atoms with Gasteiger partial charge in [-0.1, -0.05) is 11.6 Å². The summed E-state index contributed by atoms with van der Waals surface area (Å²) in [7, 11) is 0. The fourth-order valence-corrected chi connectivity index (χ4v) is 3.28. The maximum absolute atomic E-state index is 11.8. The van der Waals surface area contributed by atoms with Gasteiger partial charge in [-0.15, -0.1) is 23.2 Å². The Morgan fingerprint density at radius 1 is 1.29 bits per heavy atom. The Balaban J connectivity index is 1.60. The molecule has 1 fully saturated rings. The second kappa shape index (κ2) is 7.74. The third kappa shape index (κ3) is 4.86. The number of carbonyl (C=O) groups is 3. The number of carbonyl (C=O) groups excluding carboxylic acids is 3. The minimum atomic E-state index is -1.15. The lowest BCUT2D eigenvalue weighted by Crippen LogP contribution is -2.42. The van der Waals surface area contributed by atoms with Crippen LogP contribution in [0, 0.1) is 5.41 Å². The van der Waals surface area contributed by atoms with Crippen LogP contribution < -0.4 is 10.6 Å². The quantitative estimate of drug-likeness (QED) is 0.424. The number of halogens is 2. The van der Waals surface area contributed by atoms with E-state index in [1.54, 1.807) is 6.92 Å². The molecule has 0 aromatic carbocycles. The Labute approximate surface area is 151 Å². The summed E-state index contributed by atoms with van der Waals surface area (Å²) in [5, 5.41) is 4.72. The predicted molar refractivity (Wildman–Crippen MR) is 90.8 cm³/mol. The van der Waals surface area contributed by atoms with Crippen molar-refractivity contribution >= 4 is 41.1 Å². The lowest BCUT2D eigenvalue weighted by Gasteiger charge is -2.13. The maximum Gasteiger partial charge on any atom is 0.321 e. The summed E-state index contributed by atoms with van der Waals surface area (Å²) < 4.78 is 3.71. The van der Waals surface area contributed by atoms with Gasteiger partial charge < -0.3 is 10.1 Å². The number of hydrogen-bond acceptors (Lipinski definition) is 4. The van der Waals surface area contributed by atoms with E-state index in [0.717, 1.165) is 19.3 Å². The summed E-state index contributed by atoms with van der Waals surface area (Å²) in [6, 6.07) is -0.603. The summed E-state index contributed by atoms with van der Waals surface area (Å²) in [4.78, 5) is 35.0. The van der Waals surface area contributed by atoms with E-state index in [1.165, 1.54) is 18.4 Å². The van der Waals surface area contributed by atoms with E-state index < -0.39 is 34.3 Å². The van der Waals surface area contributed by atoms with Crippen LogP contribution in [0.4, 0.5) is 4.79 Å². The Morgan fingerprint density at radius 2 is 2.00 bits per heavy atom. The molecule has 0 saturated heterocycles. The van der Waals surface area contributed by atoms with Crippen molar-refractivity contribution in [1.29, 1.82) is 0 Å². The molecule has 134 valence electrons. The fraction of sp³-hybridized carbons (Fsp3) is 0.688. The lowest BCUT2D eigenvalue weighted by molar-refractivity contribution is -0.153. The van der Waals surface area contributed by atoms with Gasteiger partial charge in [-0.25, -0.2) is 4.79 Å². The molecule has 0 aliphatic heterocycles. The number of ether oxygens (including phenoxy) is 1. The summed E-state index contributed by atoms with van der Waals surface area (Å²) in [6.07, 6.45) is 7.84. The van der Waals surface area contributed by atoms with Crippen LogP contribution in [0.1, 0.15) is 45.4 Å². The molecule has 2 aliphatic carbocycles. The Morgan fingerprint density at radius 3 is 2.58 bits per heavy atom. The van der Waals surface area contributed by atoms with Crippen LogP contribution in [-0.2, 0) is 14.3 Å². The number of amides is 3. The zero-order valence-electron chi connectivity index (χ0n) is 13.6. The van der Waals surface area contributed by atoms with Gasteiger partial charge in [0.15, 0.2) is 6.61 Å². The van der Waals surface area contributed by atoms with Crippen LogP contribution in [0.5, 0.6) is 0 Å². The second-order valence-electron chi connectivity index (χ2n) is 6.45. The predicted octanol–water partition coefficient (Wildman–Crippen LogP) is 2.83. The molecule has 0 bridgehead atoms. The average Bonchev–Trinajstić information content (AvgIpc) is 3.05. The normalized spacial score (nSPS) is 24.5. The summed E-state index contributed by atoms with van der Waals surface area (Å²) in [5.41, 5.74) is 0.344. The summed E-state index contributed by atoms with van der Waals surface area (Å²) in [5.74, 6) is -1.34. The minimum Gasteiger partial charge on any atom is -0.455 e. The summed E-state index contributed by atoms with van der Waals surface area (Å²) >= 11 is 11.7. The second-order valence-corrected chi connectivity index (χ2v) is 7.94. The van der Waals surface area contributed by atoms with Crippen molar-refractivity contribution < 1.29 is 19.1 Å². The SMILES string of the molecule is CC1(C(=O)OCC(=O)NC(=O)NCCC2=CCCCC2)CC1(Cl)Cl. The zero-order chi connectivity index (χ0) is 17.8. The molecule has 0 radical (unpaired) electrons. The molecule has 8 heteroatoms. The fourth-order valence-electron chi connectivity index (χ4n) is 2.59. The van der Waals surface area contributed by atoms with Crippen molar-refractivity contribution in [1.82, 2.24) is 10.6 Å². The minimum absolute atomic E-state index is 0.278. The standard InChI is InChI=1S/C16H22Cl2N2O4/c1-15(10-16(15,17)18)13(22)24-9-12(21)20-14(23)19-8-7-11-5-3-2-4-6-11/h5H,2-4,6-10H2,1H3,(H2,19,20,21,23). The molecule has 24 heavy (non-hydrogen) atoms. The van der Waals surface area contributed by atoms with Gasteiger partial charge >= 0.3 is 12.0 Å². The monoisotopic (exact) mass is 376 g/mol. The lowest BCUT2D eigenvalue weighted by atomic mass is 9.97. The van der Waals surface area contributed by atoms with Gasteiger partial charge in [0.25, 0.3) is 5.91 Å². The van der Waals surface area contributed by atoms with Gasteiger partial charge in [-0.3, -0.25) is 14.9 Å². The van der Waals surface area contributed by atoms with E-state index in [2.05, 4.69) is 16.7 Å². The van der Waals surface area contributed by atoms with E-state index in [9.17, 15) is 14.4 Å². The molecular formula is C16H22Cl2N2O4. The highest BCUT2D eigenvalue weighted by Gasteiger charge is 2.69. The molecule has 2 aliphatic rings. The topological polar surface area (TPSA) is 84.5 Å². The third-order valence-electron chi connectivity index (χ3n) is 4.41. The van der Waals surface area contributed by atoms with Gasteiger partial charge in [0.2, 0.25) is 0 Å². The van der Waals surface area contributed by atoms with Crippen molar-refractivity contribution in [3.8, 4) is 0 Å². The van der Waals surface area contributed by atoms with Gasteiger partial charge in [-0.2, -0.15) is 0 Å². The molecule has 0 aromatic rings. The molecular weight excluding hydrogens is 355 g/mol. The molecule has 2 rings (SSSR count). The average molecular weight is 377 g/mol. The van der Waals surface area contributed by atoms with Crippen LogP contribution in [0.25, 0.3) is 0 Å². The highest BCUT2D eigenvalue weighted by Crippen LogP contribution is 2.64. The smallest absolute Gasteiger partial charge is 0.321 e. The van der Waals surface area contributed by atoms with E-state index in [0.29, 0.717) is 6.54 Å².